The minimum Gasteiger partial charge on any atom is -0.618 e. The van der Waals surface area contributed by atoms with Gasteiger partial charge in [0.25, 0.3) is 5.69 Å². The molecule has 0 amide bonds. The number of imidazole rings is 1. The SMILES string of the molecule is Cn1c(=O)n(CC(F)(F)C(F)(F)F)c2cnc(-c3c(F)ccc[n+]3[O-])cc21. The van der Waals surface area contributed by atoms with Gasteiger partial charge in [0.1, 0.15) is 12.2 Å². The first-order chi connectivity index (χ1) is 12.4. The lowest BCUT2D eigenvalue weighted by Crippen LogP contribution is -2.42. The molecule has 0 aliphatic carbocycles. The molecule has 0 saturated carbocycles. The molecule has 3 heterocycles. The van der Waals surface area contributed by atoms with Crippen molar-refractivity contribution in [1.82, 2.24) is 14.1 Å². The summed E-state index contributed by atoms with van der Waals surface area (Å²) in [6.07, 6.45) is -4.01. The summed E-state index contributed by atoms with van der Waals surface area (Å²) in [5, 5.41) is 11.8. The van der Waals surface area contributed by atoms with Crippen molar-refractivity contribution in [3.8, 4) is 11.4 Å². The molecule has 6 nitrogen and oxygen atoms in total. The van der Waals surface area contributed by atoms with Crippen LogP contribution in [0.5, 0.6) is 0 Å². The molecule has 0 aliphatic heterocycles. The van der Waals surface area contributed by atoms with Crippen molar-refractivity contribution >= 4 is 11.0 Å². The predicted octanol–water partition coefficient (Wildman–Crippen LogP) is 2.37. The van der Waals surface area contributed by atoms with Gasteiger partial charge in [-0.1, -0.05) is 0 Å². The van der Waals surface area contributed by atoms with Gasteiger partial charge in [0.15, 0.2) is 12.0 Å². The molecule has 3 aromatic rings. The molecule has 0 aromatic carbocycles. The summed E-state index contributed by atoms with van der Waals surface area (Å²) in [6, 6.07) is 3.20. The number of rotatable bonds is 3. The van der Waals surface area contributed by atoms with Gasteiger partial charge in [0.05, 0.1) is 17.2 Å². The molecule has 27 heavy (non-hydrogen) atoms. The fourth-order valence-corrected chi connectivity index (χ4v) is 2.57. The quantitative estimate of drug-likeness (QED) is 0.391. The lowest BCUT2D eigenvalue weighted by atomic mass is 10.2. The largest absolute Gasteiger partial charge is 0.618 e. The summed E-state index contributed by atoms with van der Waals surface area (Å²) in [4.78, 5) is 15.9. The van der Waals surface area contributed by atoms with E-state index in [1.807, 2.05) is 0 Å². The number of aryl methyl sites for hydroxylation is 1. The van der Waals surface area contributed by atoms with E-state index in [4.69, 9.17) is 0 Å². The van der Waals surface area contributed by atoms with Crippen LogP contribution in [-0.2, 0) is 13.6 Å². The Hall–Kier alpha value is -3.05. The maximum Gasteiger partial charge on any atom is 0.455 e. The van der Waals surface area contributed by atoms with Crippen molar-refractivity contribution in [2.75, 3.05) is 0 Å². The molecule has 144 valence electrons. The first-order valence-corrected chi connectivity index (χ1v) is 7.32. The van der Waals surface area contributed by atoms with Crippen LogP contribution < -0.4 is 10.4 Å². The van der Waals surface area contributed by atoms with Crippen molar-refractivity contribution in [1.29, 1.82) is 0 Å². The second kappa shape index (κ2) is 5.99. The summed E-state index contributed by atoms with van der Waals surface area (Å²) in [6.45, 7) is -1.94. The van der Waals surface area contributed by atoms with Crippen LogP contribution in [0.4, 0.5) is 26.3 Å². The van der Waals surface area contributed by atoms with Gasteiger partial charge >= 0.3 is 17.8 Å². The van der Waals surface area contributed by atoms with Gasteiger partial charge < -0.3 is 5.21 Å². The maximum absolute atomic E-state index is 13.9. The van der Waals surface area contributed by atoms with Crippen molar-refractivity contribution < 1.29 is 31.1 Å². The fourth-order valence-electron chi connectivity index (χ4n) is 2.57. The number of nitrogens with zero attached hydrogens (tertiary/aromatic N) is 4. The Bertz CT molecular complexity index is 1070. The van der Waals surface area contributed by atoms with Crippen LogP contribution >= 0.6 is 0 Å². The number of halogens is 6. The Morgan fingerprint density at radius 1 is 1.22 bits per heavy atom. The van der Waals surface area contributed by atoms with E-state index in [9.17, 15) is 36.3 Å². The highest BCUT2D eigenvalue weighted by atomic mass is 19.4. The van der Waals surface area contributed by atoms with Gasteiger partial charge in [-0.05, 0) is 12.1 Å². The van der Waals surface area contributed by atoms with E-state index >= 15 is 0 Å². The minimum atomic E-state index is -5.84. The number of hydrogen-bond donors (Lipinski definition) is 0. The average molecular weight is 392 g/mol. The number of hydrogen-bond acceptors (Lipinski definition) is 3. The van der Waals surface area contributed by atoms with Crippen molar-refractivity contribution in [3.05, 3.63) is 52.1 Å². The molecule has 3 rings (SSSR count). The zero-order valence-electron chi connectivity index (χ0n) is 13.5. The topological polar surface area (TPSA) is 66.8 Å². The molecule has 0 unspecified atom stereocenters. The number of pyridine rings is 2. The Kier molecular flexibility index (Phi) is 4.16. The Morgan fingerprint density at radius 2 is 1.89 bits per heavy atom. The standard InChI is InChI=1S/C15H10F6N4O2/c1-23-10-5-9(12-8(16)3-2-4-25(12)27)22-6-11(10)24(13(23)26)7-14(17,18)15(19,20)21/h2-6H,7H2,1H3. The van der Waals surface area contributed by atoms with Crippen molar-refractivity contribution in [2.45, 2.75) is 18.6 Å². The normalized spacial score (nSPS) is 12.7. The van der Waals surface area contributed by atoms with Crippen LogP contribution in [0.2, 0.25) is 0 Å². The molecule has 0 saturated heterocycles. The van der Waals surface area contributed by atoms with E-state index in [0.29, 0.717) is 0 Å². The lowest BCUT2D eigenvalue weighted by Gasteiger charge is -2.19. The van der Waals surface area contributed by atoms with E-state index in [1.54, 1.807) is 0 Å². The third-order valence-corrected chi connectivity index (χ3v) is 3.96. The minimum absolute atomic E-state index is 0.0915. The summed E-state index contributed by atoms with van der Waals surface area (Å²) in [5.74, 6) is -6.07. The molecule has 0 aliphatic rings. The van der Waals surface area contributed by atoms with Gasteiger partial charge in [-0.15, -0.1) is 0 Å². The zero-order chi connectivity index (χ0) is 20.1. The first-order valence-electron chi connectivity index (χ1n) is 7.32. The predicted molar refractivity (Wildman–Crippen MR) is 80.3 cm³/mol. The molecular formula is C15H10F6N4O2. The van der Waals surface area contributed by atoms with Crippen molar-refractivity contribution in [2.24, 2.45) is 7.05 Å². The number of fused-ring (bicyclic) bond motifs is 1. The summed E-state index contributed by atoms with van der Waals surface area (Å²) in [7, 11) is 1.14. The average Bonchev–Trinajstić information content (AvgIpc) is 2.78. The van der Waals surface area contributed by atoms with Crippen LogP contribution in [0.25, 0.3) is 22.4 Å². The third-order valence-electron chi connectivity index (χ3n) is 3.96. The molecule has 0 spiro atoms. The number of aromatic nitrogens is 4. The van der Waals surface area contributed by atoms with Gasteiger partial charge in [-0.2, -0.15) is 31.1 Å². The molecule has 0 radical (unpaired) electrons. The fraction of sp³-hybridized carbons (Fsp3) is 0.267. The Balaban J connectivity index is 2.19. The van der Waals surface area contributed by atoms with Crippen LogP contribution in [0, 0.1) is 11.0 Å². The van der Waals surface area contributed by atoms with Crippen LogP contribution in [0.3, 0.4) is 0 Å². The molecule has 0 fully saturated rings. The van der Waals surface area contributed by atoms with E-state index in [1.165, 1.54) is 0 Å². The first kappa shape index (κ1) is 18.7. The molecule has 0 bridgehead atoms. The van der Waals surface area contributed by atoms with E-state index in [0.717, 1.165) is 42.2 Å². The summed E-state index contributed by atoms with van der Waals surface area (Å²) >= 11 is 0. The van der Waals surface area contributed by atoms with E-state index < -0.39 is 35.8 Å². The zero-order valence-corrected chi connectivity index (χ0v) is 13.5. The van der Waals surface area contributed by atoms with Crippen LogP contribution in [0.1, 0.15) is 0 Å². The van der Waals surface area contributed by atoms with Gasteiger partial charge in [0.2, 0.25) is 0 Å². The third kappa shape index (κ3) is 3.00. The highest BCUT2D eigenvalue weighted by Crippen LogP contribution is 2.37. The van der Waals surface area contributed by atoms with Gasteiger partial charge in [-0.25, -0.2) is 9.78 Å². The van der Waals surface area contributed by atoms with Crippen molar-refractivity contribution in [3.63, 3.8) is 0 Å². The molecule has 3 aromatic heterocycles. The van der Waals surface area contributed by atoms with E-state index in [2.05, 4.69) is 4.98 Å². The molecule has 0 N–H and O–H groups in total. The second-order valence-electron chi connectivity index (χ2n) is 5.72. The Morgan fingerprint density at radius 3 is 2.48 bits per heavy atom. The Labute approximate surface area is 146 Å². The second-order valence-corrected chi connectivity index (χ2v) is 5.72. The highest BCUT2D eigenvalue weighted by Gasteiger charge is 2.58. The maximum atomic E-state index is 13.9. The molecular weight excluding hydrogens is 382 g/mol. The lowest BCUT2D eigenvalue weighted by molar-refractivity contribution is -0.595. The summed E-state index contributed by atoms with van der Waals surface area (Å²) < 4.78 is 79.3. The smallest absolute Gasteiger partial charge is 0.455 e. The van der Waals surface area contributed by atoms with Crippen LogP contribution in [-0.4, -0.2) is 26.2 Å². The van der Waals surface area contributed by atoms with Gasteiger partial charge in [-0.3, -0.25) is 9.13 Å². The highest BCUT2D eigenvalue weighted by molar-refractivity contribution is 5.79. The van der Waals surface area contributed by atoms with Gasteiger partial charge in [0, 0.05) is 13.1 Å². The molecule has 0 atom stereocenters. The van der Waals surface area contributed by atoms with Crippen LogP contribution in [0.15, 0.2) is 35.4 Å². The summed E-state index contributed by atoms with van der Waals surface area (Å²) in [5.41, 5.74) is -2.25. The van der Waals surface area contributed by atoms with E-state index in [-0.39, 0.29) is 26.0 Å². The molecule has 12 heteroatoms. The monoisotopic (exact) mass is 392 g/mol. The number of alkyl halides is 5.